The third-order valence-electron chi connectivity index (χ3n) is 3.34. The number of aliphatic hydroxyl groups is 1. The molecular weight excluding hydrogens is 250 g/mol. The lowest BCUT2D eigenvalue weighted by atomic mass is 10.0. The smallest absolute Gasteiger partial charge is 0.122 e. The first-order chi connectivity index (χ1) is 9.58. The molecule has 0 heterocycles. The van der Waals surface area contributed by atoms with Gasteiger partial charge in [0.2, 0.25) is 0 Å². The number of aliphatic hydroxyl groups excluding tert-OH is 1. The number of fused-ring (bicyclic) bond motifs is 1. The normalized spacial score (nSPS) is 12.8. The second-order valence-corrected chi connectivity index (χ2v) is 5.44. The van der Waals surface area contributed by atoms with Gasteiger partial charge in [-0.15, -0.1) is 0 Å². The molecule has 0 aromatic heterocycles. The molecular formula is C17H23NO2. The van der Waals surface area contributed by atoms with E-state index in [1.54, 1.807) is 0 Å². The average molecular weight is 273 g/mol. The molecule has 0 fully saturated rings. The number of hydrogen-bond acceptors (Lipinski definition) is 3. The van der Waals surface area contributed by atoms with Gasteiger partial charge in [-0.05, 0) is 29.3 Å². The summed E-state index contributed by atoms with van der Waals surface area (Å²) >= 11 is 0. The van der Waals surface area contributed by atoms with E-state index in [4.69, 9.17) is 4.74 Å². The summed E-state index contributed by atoms with van der Waals surface area (Å²) < 4.78 is 5.75. The van der Waals surface area contributed by atoms with E-state index < -0.39 is 6.10 Å². The Hall–Kier alpha value is -1.58. The summed E-state index contributed by atoms with van der Waals surface area (Å²) in [5.74, 6) is 0.840. The van der Waals surface area contributed by atoms with Crippen molar-refractivity contribution in [2.75, 3.05) is 13.2 Å². The highest BCUT2D eigenvalue weighted by atomic mass is 16.5. The Labute approximate surface area is 120 Å². The van der Waals surface area contributed by atoms with Gasteiger partial charge in [0.1, 0.15) is 18.5 Å². The SMILES string of the molecule is Cc1c(OCC(O)CNC(C)C)ccc2ccccc12. The Morgan fingerprint density at radius 2 is 1.90 bits per heavy atom. The lowest BCUT2D eigenvalue weighted by molar-refractivity contribution is 0.104. The predicted molar refractivity (Wildman–Crippen MR) is 83.3 cm³/mol. The van der Waals surface area contributed by atoms with Crippen LogP contribution in [0.25, 0.3) is 10.8 Å². The van der Waals surface area contributed by atoms with Gasteiger partial charge in [0.05, 0.1) is 0 Å². The quantitative estimate of drug-likeness (QED) is 0.850. The largest absolute Gasteiger partial charge is 0.491 e. The van der Waals surface area contributed by atoms with Crippen LogP contribution >= 0.6 is 0 Å². The zero-order valence-electron chi connectivity index (χ0n) is 12.4. The Bertz CT molecular complexity index is 566. The van der Waals surface area contributed by atoms with E-state index in [0.717, 1.165) is 11.3 Å². The van der Waals surface area contributed by atoms with Crippen molar-refractivity contribution in [2.45, 2.75) is 32.9 Å². The second kappa shape index (κ2) is 6.73. The number of hydrogen-bond donors (Lipinski definition) is 2. The van der Waals surface area contributed by atoms with Crippen molar-refractivity contribution in [3.63, 3.8) is 0 Å². The molecule has 0 aliphatic rings. The highest BCUT2D eigenvalue weighted by molar-refractivity contribution is 5.87. The topological polar surface area (TPSA) is 41.5 Å². The molecule has 0 spiro atoms. The van der Waals surface area contributed by atoms with Crippen LogP contribution in [0.5, 0.6) is 5.75 Å². The van der Waals surface area contributed by atoms with E-state index in [1.165, 1.54) is 10.8 Å². The summed E-state index contributed by atoms with van der Waals surface area (Å²) in [6, 6.07) is 12.6. The maximum atomic E-state index is 9.88. The number of benzene rings is 2. The molecule has 0 bridgehead atoms. The van der Waals surface area contributed by atoms with Gasteiger partial charge < -0.3 is 15.2 Å². The molecule has 108 valence electrons. The van der Waals surface area contributed by atoms with Crippen LogP contribution in [0.2, 0.25) is 0 Å². The fraction of sp³-hybridized carbons (Fsp3) is 0.412. The Kier molecular flexibility index (Phi) is 4.99. The summed E-state index contributed by atoms with van der Waals surface area (Å²) in [6.45, 7) is 7.02. The van der Waals surface area contributed by atoms with Crippen LogP contribution in [0, 0.1) is 6.92 Å². The first-order valence-electron chi connectivity index (χ1n) is 7.10. The summed E-state index contributed by atoms with van der Waals surface area (Å²) in [4.78, 5) is 0. The van der Waals surface area contributed by atoms with Gasteiger partial charge in [-0.3, -0.25) is 0 Å². The Morgan fingerprint density at radius 3 is 2.65 bits per heavy atom. The number of rotatable bonds is 6. The molecule has 3 nitrogen and oxygen atoms in total. The van der Waals surface area contributed by atoms with Gasteiger partial charge in [0.15, 0.2) is 0 Å². The number of aryl methyl sites for hydroxylation is 1. The van der Waals surface area contributed by atoms with Crippen molar-refractivity contribution >= 4 is 10.8 Å². The van der Waals surface area contributed by atoms with Gasteiger partial charge in [-0.1, -0.05) is 44.2 Å². The molecule has 0 radical (unpaired) electrons. The van der Waals surface area contributed by atoms with Crippen molar-refractivity contribution in [3.8, 4) is 5.75 Å². The van der Waals surface area contributed by atoms with E-state index in [9.17, 15) is 5.11 Å². The summed E-state index contributed by atoms with van der Waals surface area (Å²) in [7, 11) is 0. The molecule has 1 unspecified atom stereocenters. The fourth-order valence-corrected chi connectivity index (χ4v) is 2.18. The van der Waals surface area contributed by atoms with Gasteiger partial charge in [-0.25, -0.2) is 0 Å². The van der Waals surface area contributed by atoms with Gasteiger partial charge in [0, 0.05) is 12.6 Å². The van der Waals surface area contributed by atoms with Crippen molar-refractivity contribution in [1.82, 2.24) is 5.32 Å². The molecule has 2 N–H and O–H groups in total. The van der Waals surface area contributed by atoms with E-state index in [1.807, 2.05) is 18.2 Å². The molecule has 3 heteroatoms. The average Bonchev–Trinajstić information content (AvgIpc) is 2.44. The van der Waals surface area contributed by atoms with Crippen LogP contribution in [0.4, 0.5) is 0 Å². The monoisotopic (exact) mass is 273 g/mol. The highest BCUT2D eigenvalue weighted by Crippen LogP contribution is 2.27. The van der Waals surface area contributed by atoms with Crippen molar-refractivity contribution in [2.24, 2.45) is 0 Å². The summed E-state index contributed by atoms with van der Waals surface area (Å²) in [6.07, 6.45) is -0.497. The van der Waals surface area contributed by atoms with Crippen LogP contribution in [-0.2, 0) is 0 Å². The van der Waals surface area contributed by atoms with E-state index in [-0.39, 0.29) is 0 Å². The van der Waals surface area contributed by atoms with Crippen LogP contribution in [-0.4, -0.2) is 30.4 Å². The zero-order valence-corrected chi connectivity index (χ0v) is 12.4. The fourth-order valence-electron chi connectivity index (χ4n) is 2.18. The van der Waals surface area contributed by atoms with Gasteiger partial charge >= 0.3 is 0 Å². The third-order valence-corrected chi connectivity index (χ3v) is 3.34. The standard InChI is InChI=1S/C17H23NO2/c1-12(2)18-10-15(19)11-20-17-9-8-14-6-4-5-7-16(14)13(17)3/h4-9,12,15,18-19H,10-11H2,1-3H3. The lowest BCUT2D eigenvalue weighted by Crippen LogP contribution is -2.35. The molecule has 2 aromatic carbocycles. The van der Waals surface area contributed by atoms with Crippen LogP contribution in [0.1, 0.15) is 19.4 Å². The molecule has 0 saturated heterocycles. The molecule has 2 rings (SSSR count). The Balaban J connectivity index is 2.01. The minimum atomic E-state index is -0.497. The summed E-state index contributed by atoms with van der Waals surface area (Å²) in [5, 5.41) is 15.5. The van der Waals surface area contributed by atoms with Gasteiger partial charge in [-0.2, -0.15) is 0 Å². The third kappa shape index (κ3) is 3.71. The minimum absolute atomic E-state index is 0.304. The zero-order chi connectivity index (χ0) is 14.5. The van der Waals surface area contributed by atoms with Crippen molar-refractivity contribution in [3.05, 3.63) is 42.0 Å². The molecule has 20 heavy (non-hydrogen) atoms. The predicted octanol–water partition coefficient (Wildman–Crippen LogP) is 2.89. The molecule has 0 aliphatic heterocycles. The minimum Gasteiger partial charge on any atom is -0.491 e. The maximum absolute atomic E-state index is 9.88. The van der Waals surface area contributed by atoms with E-state index >= 15 is 0 Å². The van der Waals surface area contributed by atoms with E-state index in [0.29, 0.717) is 19.2 Å². The van der Waals surface area contributed by atoms with Crippen LogP contribution in [0.15, 0.2) is 36.4 Å². The molecule has 1 atom stereocenters. The van der Waals surface area contributed by atoms with Crippen molar-refractivity contribution in [1.29, 1.82) is 0 Å². The van der Waals surface area contributed by atoms with Crippen molar-refractivity contribution < 1.29 is 9.84 Å². The highest BCUT2D eigenvalue weighted by Gasteiger charge is 2.08. The number of nitrogens with one attached hydrogen (secondary N) is 1. The first kappa shape index (κ1) is 14.8. The molecule has 2 aromatic rings. The summed E-state index contributed by atoms with van der Waals surface area (Å²) in [5.41, 5.74) is 1.12. The first-order valence-corrected chi connectivity index (χ1v) is 7.10. The van der Waals surface area contributed by atoms with Gasteiger partial charge in [0.25, 0.3) is 0 Å². The van der Waals surface area contributed by atoms with Crippen LogP contribution in [0.3, 0.4) is 0 Å². The maximum Gasteiger partial charge on any atom is 0.122 e. The Morgan fingerprint density at radius 1 is 1.15 bits per heavy atom. The molecule has 0 saturated carbocycles. The number of ether oxygens (including phenoxy) is 1. The molecule has 0 amide bonds. The lowest BCUT2D eigenvalue weighted by Gasteiger charge is -2.16. The van der Waals surface area contributed by atoms with Crippen LogP contribution < -0.4 is 10.1 Å². The second-order valence-electron chi connectivity index (χ2n) is 5.44. The molecule has 0 aliphatic carbocycles. The van der Waals surface area contributed by atoms with E-state index in [2.05, 4.69) is 44.3 Å².